The molecule has 1 aromatic heterocycles. The van der Waals surface area contributed by atoms with E-state index in [0.717, 1.165) is 11.4 Å². The fourth-order valence-electron chi connectivity index (χ4n) is 1.54. The van der Waals surface area contributed by atoms with E-state index in [9.17, 15) is 4.39 Å². The zero-order valence-electron chi connectivity index (χ0n) is 9.37. The van der Waals surface area contributed by atoms with Crippen molar-refractivity contribution >= 4 is 17.3 Å². The molecule has 1 heterocycles. The number of anilines is 1. The Balaban J connectivity index is 2.13. The van der Waals surface area contributed by atoms with Crippen molar-refractivity contribution in [3.05, 3.63) is 58.6 Å². The third kappa shape index (κ3) is 2.94. The number of nitrogens with one attached hydrogen (secondary N) is 1. The van der Waals surface area contributed by atoms with Gasteiger partial charge in [-0.15, -0.1) is 0 Å². The lowest BCUT2D eigenvalue weighted by Crippen LogP contribution is -2.04. The number of halogens is 2. The summed E-state index contributed by atoms with van der Waals surface area (Å²) >= 11 is 5.90. The van der Waals surface area contributed by atoms with E-state index in [0.29, 0.717) is 17.3 Å². The number of para-hydroxylation sites is 1. The first kappa shape index (κ1) is 11.9. The molecule has 0 aliphatic carbocycles. The van der Waals surface area contributed by atoms with Crippen LogP contribution in [0.15, 0.2) is 36.4 Å². The predicted molar refractivity (Wildman–Crippen MR) is 67.7 cm³/mol. The third-order valence-electron chi connectivity index (χ3n) is 2.36. The molecule has 0 aliphatic rings. The molecular weight excluding hydrogens is 239 g/mol. The second-order valence-corrected chi connectivity index (χ2v) is 4.13. The number of aromatic nitrogens is 1. The molecule has 0 spiro atoms. The number of benzene rings is 1. The largest absolute Gasteiger partial charge is 0.376 e. The fraction of sp³-hybridized carbons (Fsp3) is 0.154. The van der Waals surface area contributed by atoms with Gasteiger partial charge in [0.2, 0.25) is 0 Å². The Morgan fingerprint density at radius 1 is 1.24 bits per heavy atom. The average molecular weight is 251 g/mol. The Hall–Kier alpha value is -1.61. The van der Waals surface area contributed by atoms with Crippen molar-refractivity contribution in [1.82, 2.24) is 4.98 Å². The van der Waals surface area contributed by atoms with Crippen LogP contribution in [0.1, 0.15) is 11.4 Å². The Morgan fingerprint density at radius 3 is 2.71 bits per heavy atom. The van der Waals surface area contributed by atoms with Gasteiger partial charge in [0.15, 0.2) is 0 Å². The number of aryl methyl sites for hydroxylation is 1. The quantitative estimate of drug-likeness (QED) is 0.896. The molecule has 0 atom stereocenters. The maximum Gasteiger partial charge on any atom is 0.147 e. The summed E-state index contributed by atoms with van der Waals surface area (Å²) in [6.07, 6.45) is 0. The van der Waals surface area contributed by atoms with Crippen LogP contribution < -0.4 is 5.32 Å². The number of hydrogen-bond donors (Lipinski definition) is 1. The minimum atomic E-state index is -0.356. The van der Waals surface area contributed by atoms with Crippen LogP contribution in [0.3, 0.4) is 0 Å². The van der Waals surface area contributed by atoms with E-state index in [1.54, 1.807) is 12.1 Å². The molecule has 0 saturated heterocycles. The highest BCUT2D eigenvalue weighted by Crippen LogP contribution is 2.24. The summed E-state index contributed by atoms with van der Waals surface area (Å²) in [5.74, 6) is -0.356. The lowest BCUT2D eigenvalue weighted by molar-refractivity contribution is 0.630. The number of rotatable bonds is 3. The molecule has 0 aliphatic heterocycles. The Bertz CT molecular complexity index is 508. The summed E-state index contributed by atoms with van der Waals surface area (Å²) in [4.78, 5) is 4.32. The third-order valence-corrected chi connectivity index (χ3v) is 2.67. The topological polar surface area (TPSA) is 24.9 Å². The van der Waals surface area contributed by atoms with Crippen LogP contribution >= 0.6 is 11.6 Å². The van der Waals surface area contributed by atoms with E-state index in [-0.39, 0.29) is 5.82 Å². The molecule has 2 aromatic rings. The van der Waals surface area contributed by atoms with Crippen molar-refractivity contribution in [3.8, 4) is 0 Å². The second-order valence-electron chi connectivity index (χ2n) is 3.72. The first-order valence-electron chi connectivity index (χ1n) is 5.27. The Kier molecular flexibility index (Phi) is 3.59. The van der Waals surface area contributed by atoms with E-state index >= 15 is 0 Å². The van der Waals surface area contributed by atoms with Gasteiger partial charge in [0.1, 0.15) is 5.82 Å². The minimum Gasteiger partial charge on any atom is -0.376 e. The van der Waals surface area contributed by atoms with Crippen LogP contribution in [0.4, 0.5) is 10.1 Å². The van der Waals surface area contributed by atoms with Gasteiger partial charge in [0.25, 0.3) is 0 Å². The zero-order chi connectivity index (χ0) is 12.3. The van der Waals surface area contributed by atoms with Gasteiger partial charge in [-0.1, -0.05) is 23.7 Å². The van der Waals surface area contributed by atoms with Crippen LogP contribution in [0, 0.1) is 12.7 Å². The van der Waals surface area contributed by atoms with Crippen LogP contribution in [0.2, 0.25) is 5.02 Å². The molecule has 0 unspecified atom stereocenters. The van der Waals surface area contributed by atoms with Crippen molar-refractivity contribution in [3.63, 3.8) is 0 Å². The van der Waals surface area contributed by atoms with Crippen molar-refractivity contribution in [2.24, 2.45) is 0 Å². The molecule has 1 N–H and O–H groups in total. The molecule has 2 nitrogen and oxygen atoms in total. The summed E-state index contributed by atoms with van der Waals surface area (Å²) in [5.41, 5.74) is 2.10. The van der Waals surface area contributed by atoms with Gasteiger partial charge in [-0.2, -0.15) is 0 Å². The van der Waals surface area contributed by atoms with Crippen molar-refractivity contribution in [1.29, 1.82) is 0 Å². The van der Waals surface area contributed by atoms with Gasteiger partial charge < -0.3 is 5.32 Å². The van der Waals surface area contributed by atoms with E-state index in [2.05, 4.69) is 10.3 Å². The monoisotopic (exact) mass is 250 g/mol. The smallest absolute Gasteiger partial charge is 0.147 e. The summed E-state index contributed by atoms with van der Waals surface area (Å²) in [6.45, 7) is 2.36. The first-order chi connectivity index (χ1) is 8.16. The van der Waals surface area contributed by atoms with Crippen molar-refractivity contribution in [2.45, 2.75) is 13.5 Å². The Morgan fingerprint density at radius 2 is 2.00 bits per heavy atom. The van der Waals surface area contributed by atoms with Crippen LogP contribution in [-0.4, -0.2) is 4.98 Å². The predicted octanol–water partition coefficient (Wildman–Crippen LogP) is 3.79. The molecule has 0 saturated carbocycles. The van der Waals surface area contributed by atoms with Crippen LogP contribution in [0.25, 0.3) is 0 Å². The summed E-state index contributed by atoms with van der Waals surface area (Å²) < 4.78 is 13.5. The summed E-state index contributed by atoms with van der Waals surface area (Å²) in [6, 6.07) is 10.3. The van der Waals surface area contributed by atoms with E-state index < -0.39 is 0 Å². The molecule has 4 heteroatoms. The molecule has 0 radical (unpaired) electrons. The molecular formula is C13H12ClFN2. The molecule has 2 rings (SSSR count). The van der Waals surface area contributed by atoms with Gasteiger partial charge in [-0.25, -0.2) is 4.39 Å². The molecule has 0 amide bonds. The van der Waals surface area contributed by atoms with E-state index in [1.165, 1.54) is 6.07 Å². The van der Waals surface area contributed by atoms with Gasteiger partial charge in [0, 0.05) is 5.69 Å². The summed E-state index contributed by atoms with van der Waals surface area (Å²) in [7, 11) is 0. The number of pyridine rings is 1. The molecule has 0 bridgehead atoms. The van der Waals surface area contributed by atoms with Gasteiger partial charge in [-0.3, -0.25) is 4.98 Å². The SMILES string of the molecule is Cc1cccc(CNc2c(F)cccc2Cl)n1. The zero-order valence-corrected chi connectivity index (χ0v) is 10.1. The molecule has 1 aromatic carbocycles. The highest BCUT2D eigenvalue weighted by Gasteiger charge is 2.06. The lowest BCUT2D eigenvalue weighted by Gasteiger charge is -2.09. The minimum absolute atomic E-state index is 0.317. The number of hydrogen-bond acceptors (Lipinski definition) is 2. The van der Waals surface area contributed by atoms with E-state index in [1.807, 2.05) is 25.1 Å². The van der Waals surface area contributed by atoms with Crippen LogP contribution in [-0.2, 0) is 6.54 Å². The van der Waals surface area contributed by atoms with Gasteiger partial charge in [0.05, 0.1) is 22.9 Å². The maximum absolute atomic E-state index is 13.5. The van der Waals surface area contributed by atoms with Crippen molar-refractivity contribution < 1.29 is 4.39 Å². The summed E-state index contributed by atoms with van der Waals surface area (Å²) in [5, 5.41) is 3.33. The standard InChI is InChI=1S/C13H12ClFN2/c1-9-4-2-5-10(17-9)8-16-13-11(14)6-3-7-12(13)15/h2-7,16H,8H2,1H3. The molecule has 17 heavy (non-hydrogen) atoms. The molecule has 0 fully saturated rings. The number of nitrogens with zero attached hydrogens (tertiary/aromatic N) is 1. The second kappa shape index (κ2) is 5.15. The van der Waals surface area contributed by atoms with Crippen molar-refractivity contribution in [2.75, 3.05) is 5.32 Å². The highest BCUT2D eigenvalue weighted by molar-refractivity contribution is 6.33. The average Bonchev–Trinajstić information content (AvgIpc) is 2.28. The first-order valence-corrected chi connectivity index (χ1v) is 5.65. The van der Waals surface area contributed by atoms with Gasteiger partial charge in [-0.05, 0) is 31.2 Å². The fourth-order valence-corrected chi connectivity index (χ4v) is 1.77. The van der Waals surface area contributed by atoms with Crippen LogP contribution in [0.5, 0.6) is 0 Å². The van der Waals surface area contributed by atoms with Gasteiger partial charge >= 0.3 is 0 Å². The maximum atomic E-state index is 13.5. The molecule has 88 valence electrons. The lowest BCUT2D eigenvalue weighted by atomic mass is 10.2. The normalized spacial score (nSPS) is 10.3. The van der Waals surface area contributed by atoms with E-state index in [4.69, 9.17) is 11.6 Å². The Labute approximate surface area is 104 Å². The highest BCUT2D eigenvalue weighted by atomic mass is 35.5.